The summed E-state index contributed by atoms with van der Waals surface area (Å²) in [5.74, 6) is 2.66. The molecule has 28 heavy (non-hydrogen) atoms. The minimum Gasteiger partial charge on any atom is -0.611 e. The number of nitrogens with zero attached hydrogens (tertiary/aromatic N) is 3. The minimum atomic E-state index is -5.39. The van der Waals surface area contributed by atoms with Crippen LogP contribution in [0.2, 0.25) is 0 Å². The molecule has 0 radical (unpaired) electrons. The summed E-state index contributed by atoms with van der Waals surface area (Å²) in [6.45, 7) is 1.22. The molecule has 0 aromatic carbocycles. The maximum absolute atomic E-state index is 12.8. The first kappa shape index (κ1) is 22.8. The van der Waals surface area contributed by atoms with Crippen LogP contribution in [0.1, 0.15) is 32.6 Å². The van der Waals surface area contributed by atoms with Gasteiger partial charge in [-0.2, -0.15) is 24.3 Å². The standard InChI is InChI=1S/C15H23F3N4O5S/c1-10-3-2-4-12(7-10)22(20,24)6-5-21-11(8-19)9-28(25,26)14(21)27-13(23)15(16,17)18/h10-12,14H,2-7,9,20H2,1H3. The first-order valence-electron chi connectivity index (χ1n) is 8.80. The highest BCUT2D eigenvalue weighted by atomic mass is 32.2. The van der Waals surface area contributed by atoms with E-state index in [0.29, 0.717) is 18.8 Å². The third-order valence-electron chi connectivity index (χ3n) is 5.19. The molecule has 1 aliphatic carbocycles. The van der Waals surface area contributed by atoms with Gasteiger partial charge in [0.05, 0.1) is 18.4 Å². The van der Waals surface area contributed by atoms with Gasteiger partial charge in [-0.25, -0.2) is 18.1 Å². The minimum absolute atomic E-state index is 0.299. The van der Waals surface area contributed by atoms with Crippen LogP contribution in [0.4, 0.5) is 13.2 Å². The highest BCUT2D eigenvalue weighted by Crippen LogP contribution is 2.31. The van der Waals surface area contributed by atoms with Gasteiger partial charge in [0.1, 0.15) is 18.6 Å². The van der Waals surface area contributed by atoms with E-state index in [-0.39, 0.29) is 6.54 Å². The predicted molar refractivity (Wildman–Crippen MR) is 89.9 cm³/mol. The molecule has 2 rings (SSSR count). The molecule has 0 aromatic heterocycles. The Bertz CT molecular complexity index is 737. The van der Waals surface area contributed by atoms with Crippen LogP contribution in [0.5, 0.6) is 0 Å². The molecule has 13 heteroatoms. The number of halogens is 3. The van der Waals surface area contributed by atoms with Crippen molar-refractivity contribution in [1.82, 2.24) is 4.90 Å². The van der Waals surface area contributed by atoms with E-state index in [2.05, 4.69) is 4.74 Å². The Morgan fingerprint density at radius 3 is 2.61 bits per heavy atom. The molecule has 0 amide bonds. The molecule has 9 nitrogen and oxygen atoms in total. The lowest BCUT2D eigenvalue weighted by atomic mass is 9.86. The topological polar surface area (TPSA) is 137 Å². The Labute approximate surface area is 160 Å². The van der Waals surface area contributed by atoms with Gasteiger partial charge in [0.25, 0.3) is 5.56 Å². The van der Waals surface area contributed by atoms with E-state index >= 15 is 0 Å². The number of hydrogen-bond donors (Lipinski definition) is 1. The molecule has 1 aliphatic heterocycles. The van der Waals surface area contributed by atoms with Crippen molar-refractivity contribution < 1.29 is 35.9 Å². The van der Waals surface area contributed by atoms with E-state index < -0.39 is 56.7 Å². The summed E-state index contributed by atoms with van der Waals surface area (Å²) in [7, 11) is -4.34. The van der Waals surface area contributed by atoms with Crippen LogP contribution in [-0.4, -0.2) is 66.7 Å². The molecule has 1 saturated carbocycles. The van der Waals surface area contributed by atoms with Gasteiger partial charge in [-0.15, -0.1) is 0 Å². The van der Waals surface area contributed by atoms with Crippen LogP contribution in [0, 0.1) is 22.5 Å². The second-order valence-electron chi connectivity index (χ2n) is 7.43. The number of sulfone groups is 1. The first-order chi connectivity index (χ1) is 12.8. The Morgan fingerprint density at radius 1 is 1.43 bits per heavy atom. The average Bonchev–Trinajstić information content (AvgIpc) is 2.82. The number of nitrogens with two attached hydrogens (primary N) is 1. The molecule has 2 aliphatic rings. The molecular weight excluding hydrogens is 405 g/mol. The summed E-state index contributed by atoms with van der Waals surface area (Å²) in [6.07, 6.45) is -2.46. The fourth-order valence-corrected chi connectivity index (χ4v) is 5.45. The Balaban J connectivity index is 2.15. The highest BCUT2D eigenvalue weighted by molar-refractivity contribution is 7.92. The number of quaternary nitrogens is 1. The van der Waals surface area contributed by atoms with Crippen LogP contribution >= 0.6 is 0 Å². The maximum atomic E-state index is 12.8. The van der Waals surface area contributed by atoms with Gasteiger partial charge in [-0.3, -0.25) is 4.76 Å². The average molecular weight is 428 g/mol. The van der Waals surface area contributed by atoms with E-state index in [1.807, 2.05) is 6.92 Å². The van der Waals surface area contributed by atoms with Crippen molar-refractivity contribution in [1.29, 1.82) is 5.26 Å². The molecule has 5 atom stereocenters. The van der Waals surface area contributed by atoms with Crippen LogP contribution in [0.15, 0.2) is 0 Å². The van der Waals surface area contributed by atoms with Crippen LogP contribution in [-0.2, 0) is 19.4 Å². The van der Waals surface area contributed by atoms with Crippen molar-refractivity contribution >= 4 is 15.8 Å². The van der Waals surface area contributed by atoms with Crippen molar-refractivity contribution in [2.75, 3.05) is 18.8 Å². The fraction of sp³-hybridized carbons (Fsp3) is 0.867. The maximum Gasteiger partial charge on any atom is 0.491 e. The molecule has 160 valence electrons. The second-order valence-corrected chi connectivity index (χ2v) is 9.49. The Kier molecular flexibility index (Phi) is 6.61. The molecule has 2 fully saturated rings. The van der Waals surface area contributed by atoms with Crippen molar-refractivity contribution in [2.24, 2.45) is 11.8 Å². The highest BCUT2D eigenvalue weighted by Gasteiger charge is 2.52. The Morgan fingerprint density at radius 2 is 2.07 bits per heavy atom. The number of carbonyl (C=O) groups is 1. The molecule has 1 heterocycles. The van der Waals surface area contributed by atoms with E-state index in [0.717, 1.165) is 17.7 Å². The summed E-state index contributed by atoms with van der Waals surface area (Å²) in [6, 6.07) is -0.118. The second kappa shape index (κ2) is 8.11. The lowest BCUT2D eigenvalue weighted by Gasteiger charge is -2.47. The first-order valence-corrected chi connectivity index (χ1v) is 10.5. The monoisotopic (exact) mass is 428 g/mol. The SMILES string of the molecule is CC1CCCC([N+](N)([O-])CCN2C(C#N)CS(=O)(=O)C2OC(=O)C(F)(F)F)C1. The summed E-state index contributed by atoms with van der Waals surface area (Å²) in [5, 5.41) is 21.9. The molecular formula is C15H23F3N4O5S. The quantitative estimate of drug-likeness (QED) is 0.293. The van der Waals surface area contributed by atoms with Crippen LogP contribution in [0.3, 0.4) is 0 Å². The third-order valence-corrected chi connectivity index (χ3v) is 6.95. The van der Waals surface area contributed by atoms with Gasteiger partial charge in [-0.05, 0) is 12.3 Å². The van der Waals surface area contributed by atoms with Gasteiger partial charge >= 0.3 is 12.1 Å². The Hall–Kier alpha value is -1.46. The number of ether oxygens (including phenoxy) is 1. The van der Waals surface area contributed by atoms with Crippen molar-refractivity contribution in [2.45, 2.75) is 56.4 Å². The molecule has 0 bridgehead atoms. The van der Waals surface area contributed by atoms with Gasteiger partial charge < -0.3 is 9.94 Å². The van der Waals surface area contributed by atoms with Crippen molar-refractivity contribution in [3.8, 4) is 6.07 Å². The number of alkyl halides is 3. The summed E-state index contributed by atoms with van der Waals surface area (Å²) in [5.41, 5.74) is -2.28. The van der Waals surface area contributed by atoms with Crippen LogP contribution < -0.4 is 5.84 Å². The summed E-state index contributed by atoms with van der Waals surface area (Å²) < 4.78 is 64.7. The molecule has 1 saturated heterocycles. The third kappa shape index (κ3) is 5.12. The number of esters is 1. The lowest BCUT2D eigenvalue weighted by Crippen LogP contribution is -2.61. The zero-order chi connectivity index (χ0) is 21.3. The summed E-state index contributed by atoms with van der Waals surface area (Å²) >= 11 is 0. The normalized spacial score (nSPS) is 33.0. The van der Waals surface area contributed by atoms with E-state index in [9.17, 15) is 31.6 Å². The van der Waals surface area contributed by atoms with Crippen molar-refractivity contribution in [3.63, 3.8) is 0 Å². The zero-order valence-corrected chi connectivity index (χ0v) is 16.1. The number of hydroxylamine groups is 2. The number of rotatable bonds is 5. The largest absolute Gasteiger partial charge is 0.611 e. The van der Waals surface area contributed by atoms with E-state index in [4.69, 9.17) is 11.1 Å². The number of carbonyl (C=O) groups excluding carboxylic acids is 1. The smallest absolute Gasteiger partial charge is 0.491 e. The molecule has 0 spiro atoms. The molecule has 0 aromatic rings. The van der Waals surface area contributed by atoms with Gasteiger partial charge in [0.15, 0.2) is 0 Å². The molecule has 2 N–H and O–H groups in total. The molecule has 5 unspecified atom stereocenters. The van der Waals surface area contributed by atoms with Gasteiger partial charge in [-0.1, -0.05) is 13.3 Å². The fourth-order valence-electron chi connectivity index (χ4n) is 3.68. The number of nitriles is 1. The van der Waals surface area contributed by atoms with Gasteiger partial charge in [0, 0.05) is 12.8 Å². The van der Waals surface area contributed by atoms with E-state index in [1.165, 1.54) is 0 Å². The van der Waals surface area contributed by atoms with Crippen LogP contribution in [0.25, 0.3) is 0 Å². The number of hydrogen-bond acceptors (Lipinski definition) is 8. The zero-order valence-electron chi connectivity index (χ0n) is 15.3. The predicted octanol–water partition coefficient (Wildman–Crippen LogP) is 0.765. The van der Waals surface area contributed by atoms with E-state index in [1.54, 1.807) is 6.07 Å². The van der Waals surface area contributed by atoms with Crippen molar-refractivity contribution in [3.05, 3.63) is 5.21 Å². The van der Waals surface area contributed by atoms with Gasteiger partial charge in [0.2, 0.25) is 9.84 Å². The summed E-state index contributed by atoms with van der Waals surface area (Å²) in [4.78, 5) is 11.9. The lowest BCUT2D eigenvalue weighted by molar-refractivity contribution is -0.918.